The van der Waals surface area contributed by atoms with E-state index in [-0.39, 0.29) is 0 Å². The molecule has 0 spiro atoms. The van der Waals surface area contributed by atoms with Crippen LogP contribution in [0.2, 0.25) is 0 Å². The molecule has 0 N–H and O–H groups in total. The molecular weight excluding hydrogens is 380 g/mol. The smallest absolute Gasteiger partial charge is 0.249 e. The first-order chi connectivity index (χ1) is 15.0. The highest BCUT2D eigenvalue weighted by atomic mass is 15.1. The summed E-state index contributed by atoms with van der Waals surface area (Å²) in [4.78, 5) is 9.21. The molecule has 31 heavy (non-hydrogen) atoms. The zero-order chi connectivity index (χ0) is 21.7. The molecule has 3 aromatic heterocycles. The van der Waals surface area contributed by atoms with Crippen LogP contribution in [-0.4, -0.2) is 14.5 Å². The lowest BCUT2D eigenvalue weighted by molar-refractivity contribution is -0.687. The van der Waals surface area contributed by atoms with Gasteiger partial charge in [-0.15, -0.1) is 0 Å². The number of nitrogens with zero attached hydrogens (tertiary/aromatic N) is 4. The summed E-state index contributed by atoms with van der Waals surface area (Å²) < 4.78 is 4.45. The number of benzene rings is 2. The van der Waals surface area contributed by atoms with Crippen molar-refractivity contribution in [3.8, 4) is 5.69 Å². The Bertz CT molecular complexity index is 1430. The topological polar surface area (TPSA) is 34.6 Å². The van der Waals surface area contributed by atoms with Crippen LogP contribution in [0.3, 0.4) is 0 Å². The second-order valence-electron chi connectivity index (χ2n) is 8.47. The third-order valence-electron chi connectivity index (χ3n) is 6.90. The van der Waals surface area contributed by atoms with Crippen LogP contribution in [0.15, 0.2) is 61.4 Å². The molecule has 2 aromatic carbocycles. The fourth-order valence-electron chi connectivity index (χ4n) is 4.60. The van der Waals surface area contributed by atoms with Crippen LogP contribution in [0.25, 0.3) is 27.5 Å². The van der Waals surface area contributed by atoms with E-state index in [0.717, 1.165) is 34.0 Å². The van der Waals surface area contributed by atoms with Crippen LogP contribution in [0, 0.1) is 34.6 Å². The Balaban J connectivity index is 1.62. The van der Waals surface area contributed by atoms with Gasteiger partial charge in [-0.2, -0.15) is 0 Å². The quantitative estimate of drug-likeness (QED) is 0.294. The molecule has 154 valence electrons. The van der Waals surface area contributed by atoms with E-state index in [2.05, 4.69) is 90.6 Å². The Morgan fingerprint density at radius 1 is 0.806 bits per heavy atom. The van der Waals surface area contributed by atoms with Gasteiger partial charge in [0, 0.05) is 23.2 Å². The molecular formula is C27H27N4+. The number of pyridine rings is 2. The first-order valence-corrected chi connectivity index (χ1v) is 10.7. The summed E-state index contributed by atoms with van der Waals surface area (Å²) in [6.07, 6.45) is 10.1. The van der Waals surface area contributed by atoms with Crippen molar-refractivity contribution in [2.24, 2.45) is 0 Å². The van der Waals surface area contributed by atoms with E-state index >= 15 is 0 Å². The van der Waals surface area contributed by atoms with E-state index in [4.69, 9.17) is 0 Å². The molecule has 5 aromatic rings. The molecule has 0 aliphatic carbocycles. The Kier molecular flexibility index (Phi) is 4.58. The van der Waals surface area contributed by atoms with Crippen LogP contribution in [0.5, 0.6) is 0 Å². The van der Waals surface area contributed by atoms with Gasteiger partial charge in [-0.3, -0.25) is 9.97 Å². The summed E-state index contributed by atoms with van der Waals surface area (Å²) in [5, 5.41) is 2.20. The van der Waals surface area contributed by atoms with E-state index in [0.29, 0.717) is 0 Å². The molecule has 0 aliphatic heterocycles. The summed E-state index contributed by atoms with van der Waals surface area (Å²) in [7, 11) is 0. The minimum Gasteiger partial charge on any atom is -0.254 e. The second kappa shape index (κ2) is 7.31. The maximum absolute atomic E-state index is 4.64. The highest BCUT2D eigenvalue weighted by Crippen LogP contribution is 2.28. The fraction of sp³-hybridized carbons (Fsp3) is 0.222. The van der Waals surface area contributed by atoms with Gasteiger partial charge >= 0.3 is 0 Å². The summed E-state index contributed by atoms with van der Waals surface area (Å²) in [6.45, 7) is 12.1. The first kappa shape index (κ1) is 19.4. The molecule has 0 bridgehead atoms. The van der Waals surface area contributed by atoms with Gasteiger partial charge in [0.15, 0.2) is 0 Å². The van der Waals surface area contributed by atoms with Crippen molar-refractivity contribution in [2.45, 2.75) is 41.2 Å². The SMILES string of the molecule is Cc1c(C)c(C)c(C[n+]2ccn(-c3cc4cccnc4c4ncccc34)c2)c(C)c1C. The number of hydrogen-bond acceptors (Lipinski definition) is 2. The van der Waals surface area contributed by atoms with E-state index < -0.39 is 0 Å². The molecule has 4 nitrogen and oxygen atoms in total. The van der Waals surface area contributed by atoms with Gasteiger partial charge in [0.1, 0.15) is 30.1 Å². The van der Waals surface area contributed by atoms with Crippen molar-refractivity contribution < 1.29 is 4.57 Å². The average Bonchev–Trinajstić information content (AvgIpc) is 3.27. The Morgan fingerprint density at radius 3 is 2.19 bits per heavy atom. The monoisotopic (exact) mass is 407 g/mol. The third kappa shape index (κ3) is 3.10. The third-order valence-corrected chi connectivity index (χ3v) is 6.90. The highest BCUT2D eigenvalue weighted by Gasteiger charge is 2.17. The average molecular weight is 408 g/mol. The molecule has 0 fully saturated rings. The molecule has 0 unspecified atom stereocenters. The Labute approximate surface area is 182 Å². The summed E-state index contributed by atoms with van der Waals surface area (Å²) in [5.74, 6) is 0. The van der Waals surface area contributed by atoms with Crippen LogP contribution in [0.1, 0.15) is 33.4 Å². The Morgan fingerprint density at radius 2 is 1.45 bits per heavy atom. The van der Waals surface area contributed by atoms with E-state index in [9.17, 15) is 0 Å². The normalized spacial score (nSPS) is 11.5. The van der Waals surface area contributed by atoms with Crippen LogP contribution < -0.4 is 4.57 Å². The van der Waals surface area contributed by atoms with Gasteiger partial charge in [0.2, 0.25) is 6.33 Å². The summed E-state index contributed by atoms with van der Waals surface area (Å²) in [6, 6.07) is 10.4. The van der Waals surface area contributed by atoms with Gasteiger partial charge < -0.3 is 0 Å². The van der Waals surface area contributed by atoms with E-state index in [1.165, 1.54) is 33.4 Å². The zero-order valence-electron chi connectivity index (χ0n) is 18.8. The van der Waals surface area contributed by atoms with Gasteiger partial charge in [-0.1, -0.05) is 6.07 Å². The molecule has 4 heteroatoms. The molecule has 0 saturated heterocycles. The van der Waals surface area contributed by atoms with E-state index in [1.807, 2.05) is 24.5 Å². The maximum Gasteiger partial charge on any atom is 0.249 e. The predicted octanol–water partition coefficient (Wildman–Crippen LogP) is 5.45. The minimum atomic E-state index is 0.859. The Hall–Kier alpha value is -3.53. The fourth-order valence-corrected chi connectivity index (χ4v) is 4.60. The van der Waals surface area contributed by atoms with Crippen molar-refractivity contribution in [3.05, 3.63) is 94.8 Å². The molecule has 3 heterocycles. The largest absolute Gasteiger partial charge is 0.254 e. The molecule has 0 saturated carbocycles. The molecule has 0 radical (unpaired) electrons. The lowest BCUT2D eigenvalue weighted by Gasteiger charge is -2.17. The van der Waals surface area contributed by atoms with Crippen LogP contribution in [0.4, 0.5) is 0 Å². The molecule has 0 aliphatic rings. The first-order valence-electron chi connectivity index (χ1n) is 10.7. The van der Waals surface area contributed by atoms with Gasteiger partial charge in [0.25, 0.3) is 0 Å². The molecule has 5 rings (SSSR count). The number of imidazole rings is 1. The second-order valence-corrected chi connectivity index (χ2v) is 8.47. The van der Waals surface area contributed by atoms with Gasteiger partial charge in [-0.05, 0) is 92.3 Å². The number of aromatic nitrogens is 4. The number of hydrogen-bond donors (Lipinski definition) is 0. The van der Waals surface area contributed by atoms with Gasteiger partial charge in [0.05, 0.1) is 5.52 Å². The van der Waals surface area contributed by atoms with Crippen LogP contribution >= 0.6 is 0 Å². The number of fused-ring (bicyclic) bond motifs is 3. The van der Waals surface area contributed by atoms with E-state index in [1.54, 1.807) is 0 Å². The van der Waals surface area contributed by atoms with Crippen molar-refractivity contribution in [1.29, 1.82) is 0 Å². The van der Waals surface area contributed by atoms with Crippen molar-refractivity contribution in [3.63, 3.8) is 0 Å². The zero-order valence-corrected chi connectivity index (χ0v) is 18.8. The minimum absolute atomic E-state index is 0.859. The van der Waals surface area contributed by atoms with Gasteiger partial charge in [-0.25, -0.2) is 9.13 Å². The standard InChI is InChI=1S/C27H27N4/c1-17-18(2)20(4)24(21(5)19(17)3)15-30-12-13-31(16-30)25-14-22-8-6-10-28-26(22)27-23(25)9-7-11-29-27/h6-14,16H,15H2,1-5H3/q+1. The summed E-state index contributed by atoms with van der Waals surface area (Å²) in [5.41, 5.74) is 11.4. The summed E-state index contributed by atoms with van der Waals surface area (Å²) >= 11 is 0. The van der Waals surface area contributed by atoms with Crippen molar-refractivity contribution >= 4 is 21.8 Å². The molecule has 0 atom stereocenters. The number of rotatable bonds is 3. The van der Waals surface area contributed by atoms with Crippen molar-refractivity contribution in [2.75, 3.05) is 0 Å². The lowest BCUT2D eigenvalue weighted by Crippen LogP contribution is -2.32. The van der Waals surface area contributed by atoms with Crippen molar-refractivity contribution in [1.82, 2.24) is 14.5 Å². The highest BCUT2D eigenvalue weighted by molar-refractivity contribution is 6.06. The van der Waals surface area contributed by atoms with Crippen LogP contribution in [-0.2, 0) is 6.54 Å². The molecule has 0 amide bonds. The maximum atomic E-state index is 4.64. The predicted molar refractivity (Wildman–Crippen MR) is 126 cm³/mol. The lowest BCUT2D eigenvalue weighted by atomic mass is 9.89.